The van der Waals surface area contributed by atoms with Gasteiger partial charge in [-0.3, -0.25) is 4.68 Å². The Hall–Kier alpha value is -0.650. The fourth-order valence-corrected chi connectivity index (χ4v) is 3.75. The smallest absolute Gasteiger partial charge is 0.0492 e. The molecule has 0 aliphatic carbocycles. The van der Waals surface area contributed by atoms with Gasteiger partial charge in [0.15, 0.2) is 0 Å². The number of aromatic nitrogens is 2. The minimum atomic E-state index is 0.355. The molecule has 0 fully saturated rings. The van der Waals surface area contributed by atoms with Crippen molar-refractivity contribution in [3.8, 4) is 0 Å². The van der Waals surface area contributed by atoms with E-state index in [9.17, 15) is 0 Å². The Kier molecular flexibility index (Phi) is 6.45. The quantitative estimate of drug-likeness (QED) is 0.716. The molecule has 0 saturated heterocycles. The molecule has 2 rings (SSSR count). The van der Waals surface area contributed by atoms with E-state index in [2.05, 4.69) is 73.5 Å². The van der Waals surface area contributed by atoms with Gasteiger partial charge in [0.05, 0.1) is 0 Å². The van der Waals surface area contributed by atoms with Crippen molar-refractivity contribution in [2.24, 2.45) is 7.05 Å². The van der Waals surface area contributed by atoms with Crippen LogP contribution in [-0.4, -0.2) is 16.3 Å². The molecule has 1 aromatic heterocycles. The molecule has 1 heterocycles. The van der Waals surface area contributed by atoms with Crippen LogP contribution in [0.1, 0.15) is 37.1 Å². The van der Waals surface area contributed by atoms with Crippen molar-refractivity contribution in [1.82, 2.24) is 15.1 Å². The van der Waals surface area contributed by atoms with Crippen molar-refractivity contribution in [3.63, 3.8) is 0 Å². The molecular weight excluding hydrogens is 394 g/mol. The molecule has 114 valence electrons. The van der Waals surface area contributed by atoms with Crippen LogP contribution in [0.5, 0.6) is 0 Å². The highest BCUT2D eigenvalue weighted by Crippen LogP contribution is 2.26. The van der Waals surface area contributed by atoms with Crippen LogP contribution >= 0.6 is 31.9 Å². The van der Waals surface area contributed by atoms with Crippen LogP contribution < -0.4 is 5.32 Å². The number of nitrogens with one attached hydrogen (secondary N) is 1. The van der Waals surface area contributed by atoms with Gasteiger partial charge in [0, 0.05) is 33.9 Å². The largest absolute Gasteiger partial charge is 0.310 e. The molecule has 0 spiro atoms. The molecular formula is C16H21Br2N3. The van der Waals surface area contributed by atoms with Crippen LogP contribution in [0, 0.1) is 0 Å². The van der Waals surface area contributed by atoms with E-state index in [4.69, 9.17) is 0 Å². The summed E-state index contributed by atoms with van der Waals surface area (Å²) in [5.74, 6) is 0. The molecule has 0 bridgehead atoms. The number of halogens is 2. The number of hydrogen-bond donors (Lipinski definition) is 1. The lowest BCUT2D eigenvalue weighted by Gasteiger charge is -2.20. The van der Waals surface area contributed by atoms with Gasteiger partial charge in [-0.1, -0.05) is 38.8 Å². The summed E-state index contributed by atoms with van der Waals surface area (Å²) in [6.45, 7) is 3.22. The fourth-order valence-electron chi connectivity index (χ4n) is 2.42. The van der Waals surface area contributed by atoms with Crippen LogP contribution in [0.2, 0.25) is 0 Å². The summed E-state index contributed by atoms with van der Waals surface area (Å²) in [5, 5.41) is 7.89. The van der Waals surface area contributed by atoms with E-state index in [1.165, 1.54) is 11.3 Å². The van der Waals surface area contributed by atoms with Crippen molar-refractivity contribution >= 4 is 31.9 Å². The molecule has 1 atom stereocenters. The molecule has 0 amide bonds. The van der Waals surface area contributed by atoms with E-state index < -0.39 is 0 Å². The summed E-state index contributed by atoms with van der Waals surface area (Å²) in [6.07, 6.45) is 5.07. The number of aryl methyl sites for hydroxylation is 2. The Morgan fingerprint density at radius 2 is 1.95 bits per heavy atom. The van der Waals surface area contributed by atoms with Crippen molar-refractivity contribution < 1.29 is 0 Å². The van der Waals surface area contributed by atoms with Crippen molar-refractivity contribution in [2.75, 3.05) is 6.54 Å². The fraction of sp³-hybridized carbons (Fsp3) is 0.438. The maximum atomic E-state index is 4.24. The van der Waals surface area contributed by atoms with Crippen molar-refractivity contribution in [3.05, 3.63) is 50.7 Å². The predicted molar refractivity (Wildman–Crippen MR) is 94.4 cm³/mol. The number of benzene rings is 1. The van der Waals surface area contributed by atoms with E-state index in [0.29, 0.717) is 6.04 Å². The number of rotatable bonds is 7. The molecule has 0 radical (unpaired) electrons. The van der Waals surface area contributed by atoms with Gasteiger partial charge in [0.25, 0.3) is 0 Å². The first-order valence-corrected chi connectivity index (χ1v) is 8.85. The summed E-state index contributed by atoms with van der Waals surface area (Å²) in [4.78, 5) is 0. The maximum Gasteiger partial charge on any atom is 0.0492 e. The summed E-state index contributed by atoms with van der Waals surface area (Å²) < 4.78 is 4.17. The lowest BCUT2D eigenvalue weighted by molar-refractivity contribution is 0.491. The van der Waals surface area contributed by atoms with Gasteiger partial charge in [0.2, 0.25) is 0 Å². The third-order valence-corrected chi connectivity index (χ3v) is 4.46. The molecule has 3 nitrogen and oxygen atoms in total. The van der Waals surface area contributed by atoms with Crippen molar-refractivity contribution in [1.29, 1.82) is 0 Å². The first-order chi connectivity index (χ1) is 10.1. The second kappa shape index (κ2) is 8.11. The summed E-state index contributed by atoms with van der Waals surface area (Å²) >= 11 is 7.16. The zero-order valence-electron chi connectivity index (χ0n) is 12.4. The second-order valence-corrected chi connectivity index (χ2v) is 7.03. The average molecular weight is 415 g/mol. The van der Waals surface area contributed by atoms with Gasteiger partial charge in [-0.25, -0.2) is 0 Å². The highest BCUT2D eigenvalue weighted by Gasteiger charge is 2.13. The van der Waals surface area contributed by atoms with Crippen LogP contribution in [-0.2, 0) is 13.5 Å². The number of hydrogen-bond acceptors (Lipinski definition) is 2. The van der Waals surface area contributed by atoms with Crippen LogP contribution in [0.15, 0.2) is 39.4 Å². The topological polar surface area (TPSA) is 29.9 Å². The van der Waals surface area contributed by atoms with Crippen LogP contribution in [0.25, 0.3) is 0 Å². The molecule has 0 aliphatic rings. The minimum Gasteiger partial charge on any atom is -0.310 e. The maximum absolute atomic E-state index is 4.24. The Morgan fingerprint density at radius 1 is 1.24 bits per heavy atom. The lowest BCUT2D eigenvalue weighted by atomic mass is 10.0. The molecule has 5 heteroatoms. The van der Waals surface area contributed by atoms with Crippen LogP contribution in [0.4, 0.5) is 0 Å². The summed E-state index contributed by atoms with van der Waals surface area (Å²) in [5.41, 5.74) is 2.58. The normalized spacial score (nSPS) is 12.6. The highest BCUT2D eigenvalue weighted by atomic mass is 79.9. The standard InChI is InChI=1S/C16H21Br2N3/c1-3-7-19-16(5-4-15-6-8-20-21(15)2)12-9-13(17)11-14(18)10-12/h6,8-11,16,19H,3-5,7H2,1-2H3. The Bertz CT molecular complexity index is 560. The summed E-state index contributed by atoms with van der Waals surface area (Å²) in [6, 6.07) is 8.91. The Balaban J connectivity index is 2.11. The van der Waals surface area contributed by atoms with E-state index in [-0.39, 0.29) is 0 Å². The minimum absolute atomic E-state index is 0.355. The van der Waals surface area contributed by atoms with Gasteiger partial charge in [0.1, 0.15) is 0 Å². The van der Waals surface area contributed by atoms with Crippen LogP contribution in [0.3, 0.4) is 0 Å². The highest BCUT2D eigenvalue weighted by molar-refractivity contribution is 9.11. The zero-order chi connectivity index (χ0) is 15.2. The van der Waals surface area contributed by atoms with Gasteiger partial charge < -0.3 is 5.32 Å². The van der Waals surface area contributed by atoms with E-state index in [0.717, 1.165) is 34.8 Å². The molecule has 0 saturated carbocycles. The third-order valence-electron chi connectivity index (χ3n) is 3.54. The average Bonchev–Trinajstić information content (AvgIpc) is 2.83. The lowest BCUT2D eigenvalue weighted by Crippen LogP contribution is -2.23. The molecule has 21 heavy (non-hydrogen) atoms. The number of nitrogens with zero attached hydrogens (tertiary/aromatic N) is 2. The molecule has 0 aliphatic heterocycles. The molecule has 1 N–H and O–H groups in total. The molecule has 2 aromatic rings. The molecule has 1 aromatic carbocycles. The first kappa shape index (κ1) is 16.7. The SMILES string of the molecule is CCCNC(CCc1ccnn1C)c1cc(Br)cc(Br)c1. The Labute approximate surface area is 143 Å². The predicted octanol–water partition coefficient (Wildman–Crippen LogP) is 4.62. The Morgan fingerprint density at radius 3 is 2.52 bits per heavy atom. The van der Waals surface area contributed by atoms with Gasteiger partial charge in [-0.2, -0.15) is 5.10 Å². The van der Waals surface area contributed by atoms with E-state index >= 15 is 0 Å². The van der Waals surface area contributed by atoms with Crippen molar-refractivity contribution in [2.45, 2.75) is 32.2 Å². The van der Waals surface area contributed by atoms with Gasteiger partial charge in [-0.15, -0.1) is 0 Å². The second-order valence-electron chi connectivity index (χ2n) is 5.19. The van der Waals surface area contributed by atoms with Gasteiger partial charge in [-0.05, 0) is 55.6 Å². The van der Waals surface area contributed by atoms with E-state index in [1.807, 2.05) is 17.9 Å². The monoisotopic (exact) mass is 413 g/mol. The first-order valence-electron chi connectivity index (χ1n) is 7.26. The molecule has 1 unspecified atom stereocenters. The van der Waals surface area contributed by atoms with E-state index in [1.54, 1.807) is 0 Å². The third kappa shape index (κ3) is 4.94. The summed E-state index contributed by atoms with van der Waals surface area (Å²) in [7, 11) is 2.00. The van der Waals surface area contributed by atoms with Gasteiger partial charge >= 0.3 is 0 Å². The zero-order valence-corrected chi connectivity index (χ0v) is 15.6.